The van der Waals surface area contributed by atoms with Crippen molar-refractivity contribution in [3.05, 3.63) is 88.5 Å². The Labute approximate surface area is 229 Å². The molecule has 1 heterocycles. The Balaban J connectivity index is 1.48. The highest BCUT2D eigenvalue weighted by Gasteiger charge is 2.21. The fourth-order valence-corrected chi connectivity index (χ4v) is 4.03. The van der Waals surface area contributed by atoms with E-state index in [0.717, 1.165) is 19.3 Å². The molecule has 0 saturated heterocycles. The van der Waals surface area contributed by atoms with Gasteiger partial charge in [-0.1, -0.05) is 43.0 Å². The Morgan fingerprint density at radius 3 is 2.16 bits per heavy atom. The Kier molecular flexibility index (Phi) is 8.89. The number of ether oxygens (including phenoxy) is 1. The number of nitrogens with one attached hydrogen (secondary N) is 3. The van der Waals surface area contributed by atoms with Crippen molar-refractivity contribution in [1.29, 1.82) is 0 Å². The molecule has 0 atom stereocenters. The number of fused-ring (bicyclic) bond motifs is 1. The number of carbonyl (C=O) groups is 3. The lowest BCUT2D eigenvalue weighted by Gasteiger charge is -2.13. The second-order valence-corrected chi connectivity index (χ2v) is 9.38. The second kappa shape index (κ2) is 12.5. The number of anilines is 2. The van der Waals surface area contributed by atoms with E-state index in [4.69, 9.17) is 27.9 Å². The van der Waals surface area contributed by atoms with E-state index in [0.29, 0.717) is 44.7 Å². The van der Waals surface area contributed by atoms with Crippen LogP contribution in [0.4, 0.5) is 11.4 Å². The van der Waals surface area contributed by atoms with Crippen LogP contribution in [-0.2, 0) is 9.59 Å². The van der Waals surface area contributed by atoms with E-state index in [1.54, 1.807) is 72.8 Å². The van der Waals surface area contributed by atoms with Crippen LogP contribution in [0.3, 0.4) is 0 Å². The molecule has 3 aromatic carbocycles. The van der Waals surface area contributed by atoms with Crippen LogP contribution in [0.5, 0.6) is 5.75 Å². The van der Waals surface area contributed by atoms with Gasteiger partial charge < -0.3 is 15.4 Å². The van der Waals surface area contributed by atoms with Crippen molar-refractivity contribution in [2.75, 3.05) is 22.7 Å². The molecule has 0 fully saturated rings. The van der Waals surface area contributed by atoms with Crippen molar-refractivity contribution in [2.24, 2.45) is 0 Å². The van der Waals surface area contributed by atoms with Gasteiger partial charge in [0.15, 0.2) is 0 Å². The van der Waals surface area contributed by atoms with Gasteiger partial charge in [-0.05, 0) is 79.2 Å². The minimum absolute atomic E-state index is 0.0999. The van der Waals surface area contributed by atoms with Gasteiger partial charge in [-0.3, -0.25) is 19.8 Å². The van der Waals surface area contributed by atoms with Gasteiger partial charge in [-0.15, -0.1) is 0 Å². The molecule has 0 radical (unpaired) electrons. The molecule has 0 aliphatic carbocycles. The summed E-state index contributed by atoms with van der Waals surface area (Å²) >= 11 is 12.0. The summed E-state index contributed by atoms with van der Waals surface area (Å²) in [5, 5.41) is 6.90. The molecule has 3 amide bonds. The molecule has 10 heteroatoms. The maximum Gasteiger partial charge on any atom is 0.328 e. The zero-order valence-corrected chi connectivity index (χ0v) is 22.1. The molecular weight excluding hydrogens is 527 g/mol. The van der Waals surface area contributed by atoms with E-state index >= 15 is 0 Å². The van der Waals surface area contributed by atoms with Crippen LogP contribution < -0.4 is 20.8 Å². The van der Waals surface area contributed by atoms with Crippen LogP contribution in [0.1, 0.15) is 36.7 Å². The number of hydrogen-bond acceptors (Lipinski definition) is 4. The largest absolute Gasteiger partial charge is 0.494 e. The van der Waals surface area contributed by atoms with Gasteiger partial charge in [0, 0.05) is 26.8 Å². The third kappa shape index (κ3) is 6.85. The quantitative estimate of drug-likeness (QED) is 0.163. The number of nitrogens with zero attached hydrogens (tertiary/aromatic N) is 1. The monoisotopic (exact) mass is 552 g/mol. The minimum Gasteiger partial charge on any atom is -0.494 e. The first-order chi connectivity index (χ1) is 18.3. The average Bonchev–Trinajstić information content (AvgIpc) is 3.26. The van der Waals surface area contributed by atoms with Crippen LogP contribution in [0, 0.1) is 0 Å². The van der Waals surface area contributed by atoms with Gasteiger partial charge in [0.2, 0.25) is 0 Å². The van der Waals surface area contributed by atoms with E-state index in [1.165, 1.54) is 4.68 Å². The number of unbranched alkanes of at least 4 members (excludes halogenated alkanes) is 2. The molecule has 0 spiro atoms. The van der Waals surface area contributed by atoms with E-state index < -0.39 is 17.7 Å². The van der Waals surface area contributed by atoms with Crippen molar-refractivity contribution < 1.29 is 19.1 Å². The van der Waals surface area contributed by atoms with Crippen LogP contribution in [-0.4, -0.2) is 29.0 Å². The lowest BCUT2D eigenvalue weighted by atomic mass is 10.2. The predicted molar refractivity (Wildman–Crippen MR) is 151 cm³/mol. The Bertz CT molecular complexity index is 1450. The number of benzene rings is 3. The van der Waals surface area contributed by atoms with Crippen molar-refractivity contribution in [1.82, 2.24) is 4.68 Å². The molecule has 4 aromatic rings. The van der Waals surface area contributed by atoms with Crippen LogP contribution in [0.15, 0.2) is 72.8 Å². The predicted octanol–water partition coefficient (Wildman–Crippen LogP) is 6.48. The zero-order valence-electron chi connectivity index (χ0n) is 20.6. The molecule has 38 heavy (non-hydrogen) atoms. The third-order valence-corrected chi connectivity index (χ3v) is 6.13. The van der Waals surface area contributed by atoms with Gasteiger partial charge in [-0.2, -0.15) is 0 Å². The summed E-state index contributed by atoms with van der Waals surface area (Å²) in [6, 6.07) is 19.8. The van der Waals surface area contributed by atoms with Crippen LogP contribution in [0.2, 0.25) is 10.0 Å². The first kappa shape index (κ1) is 27.0. The molecule has 0 bridgehead atoms. The highest BCUT2D eigenvalue weighted by Crippen LogP contribution is 2.24. The fourth-order valence-electron chi connectivity index (χ4n) is 3.72. The summed E-state index contributed by atoms with van der Waals surface area (Å²) in [6.07, 6.45) is 3.17. The molecule has 0 aliphatic rings. The second-order valence-electron chi connectivity index (χ2n) is 8.50. The number of hydrogen-bond donors (Lipinski definition) is 3. The Morgan fingerprint density at radius 2 is 1.45 bits per heavy atom. The van der Waals surface area contributed by atoms with Crippen LogP contribution in [0.25, 0.3) is 10.9 Å². The molecule has 0 saturated carbocycles. The number of carbonyl (C=O) groups excluding carboxylic acids is 3. The highest BCUT2D eigenvalue weighted by atomic mass is 35.5. The SMILES string of the molecule is CCCCCOc1ccc(NC(=O)C(=O)Nn2c(C(=O)Nc3ccc(Cl)cc3)cc3cc(Cl)ccc32)cc1. The van der Waals surface area contributed by atoms with Crippen molar-refractivity contribution in [3.8, 4) is 5.75 Å². The van der Waals surface area contributed by atoms with Crippen molar-refractivity contribution >= 4 is 63.2 Å². The average molecular weight is 553 g/mol. The smallest absolute Gasteiger partial charge is 0.328 e. The number of halogens is 2. The first-order valence-electron chi connectivity index (χ1n) is 12.1. The molecule has 1 aromatic heterocycles. The summed E-state index contributed by atoms with van der Waals surface area (Å²) in [5.74, 6) is -1.69. The Hall–Kier alpha value is -4.01. The van der Waals surface area contributed by atoms with Crippen LogP contribution >= 0.6 is 23.2 Å². The van der Waals surface area contributed by atoms with E-state index in [1.807, 2.05) is 0 Å². The maximum absolute atomic E-state index is 13.1. The lowest BCUT2D eigenvalue weighted by molar-refractivity contribution is -0.133. The van der Waals surface area contributed by atoms with Gasteiger partial charge in [0.1, 0.15) is 11.4 Å². The standard InChI is InChI=1S/C28H26Cl2N4O4/c1-2-3-4-15-38-23-12-10-22(11-13-23)32-27(36)28(37)33-34-24-14-7-20(30)16-18(24)17-25(34)26(35)31-21-8-5-19(29)6-9-21/h5-14,16-17H,2-4,15H2,1H3,(H,31,35)(H,32,36)(H,33,37). The molecule has 0 unspecified atom stereocenters. The molecule has 196 valence electrons. The summed E-state index contributed by atoms with van der Waals surface area (Å²) in [6.45, 7) is 2.74. The molecule has 4 rings (SSSR count). The molecule has 0 aliphatic heterocycles. The zero-order chi connectivity index (χ0) is 27.1. The van der Waals surface area contributed by atoms with E-state index in [9.17, 15) is 14.4 Å². The van der Waals surface area contributed by atoms with Gasteiger partial charge in [-0.25, -0.2) is 4.68 Å². The van der Waals surface area contributed by atoms with Gasteiger partial charge in [0.25, 0.3) is 5.91 Å². The third-order valence-electron chi connectivity index (χ3n) is 5.65. The number of rotatable bonds is 9. The molecule has 3 N–H and O–H groups in total. The van der Waals surface area contributed by atoms with Crippen molar-refractivity contribution in [2.45, 2.75) is 26.2 Å². The van der Waals surface area contributed by atoms with E-state index in [-0.39, 0.29) is 5.69 Å². The van der Waals surface area contributed by atoms with Crippen molar-refractivity contribution in [3.63, 3.8) is 0 Å². The highest BCUT2D eigenvalue weighted by molar-refractivity contribution is 6.42. The van der Waals surface area contributed by atoms with E-state index in [2.05, 4.69) is 23.0 Å². The summed E-state index contributed by atoms with van der Waals surface area (Å²) in [4.78, 5) is 38.6. The molecule has 8 nitrogen and oxygen atoms in total. The topological polar surface area (TPSA) is 101 Å². The summed E-state index contributed by atoms with van der Waals surface area (Å²) < 4.78 is 6.93. The Morgan fingerprint density at radius 1 is 0.789 bits per heavy atom. The first-order valence-corrected chi connectivity index (χ1v) is 12.8. The van der Waals surface area contributed by atoms with Gasteiger partial charge >= 0.3 is 11.8 Å². The fraction of sp³-hybridized carbons (Fsp3) is 0.179. The maximum atomic E-state index is 13.1. The summed E-state index contributed by atoms with van der Waals surface area (Å²) in [7, 11) is 0. The normalized spacial score (nSPS) is 10.7. The number of amides is 3. The minimum atomic E-state index is -0.960. The lowest BCUT2D eigenvalue weighted by Crippen LogP contribution is -2.36. The van der Waals surface area contributed by atoms with Gasteiger partial charge in [0.05, 0.1) is 12.1 Å². The molecular formula is C28H26Cl2N4O4. The summed E-state index contributed by atoms with van der Waals surface area (Å²) in [5.41, 5.74) is 4.04. The number of aromatic nitrogens is 1.